The Balaban J connectivity index is 2.69. The molecule has 1 rings (SSSR count). The van der Waals surface area contributed by atoms with Crippen molar-refractivity contribution in [2.75, 3.05) is 5.88 Å². The molecule has 1 aromatic rings. The van der Waals surface area contributed by atoms with E-state index in [0.717, 1.165) is 0 Å². The number of nitrogens with zero attached hydrogens (tertiary/aromatic N) is 3. The van der Waals surface area contributed by atoms with Crippen LogP contribution >= 0.6 is 11.6 Å². The van der Waals surface area contributed by atoms with Crippen LogP contribution in [0.2, 0.25) is 0 Å². The van der Waals surface area contributed by atoms with E-state index in [-0.39, 0.29) is 24.0 Å². The Labute approximate surface area is 78.3 Å². The minimum absolute atomic E-state index is 0.0182. The first kappa shape index (κ1) is 9.66. The number of ketones is 1. The number of carbonyl (C=O) groups excluding carboxylic acids is 1. The molecule has 0 radical (unpaired) electrons. The van der Waals surface area contributed by atoms with Gasteiger partial charge in [0.15, 0.2) is 5.78 Å². The van der Waals surface area contributed by atoms with Crippen molar-refractivity contribution < 1.29 is 9.72 Å². The number of alkyl halides is 1. The molecular formula is C6H6ClN3O3. The van der Waals surface area contributed by atoms with Crippen LogP contribution < -0.4 is 0 Å². The van der Waals surface area contributed by atoms with Crippen LogP contribution in [-0.2, 0) is 11.3 Å². The van der Waals surface area contributed by atoms with Crippen LogP contribution in [0.4, 0.5) is 5.82 Å². The van der Waals surface area contributed by atoms with Gasteiger partial charge in [-0.05, 0) is 9.91 Å². The molecule has 0 aliphatic carbocycles. The Morgan fingerprint density at radius 2 is 2.46 bits per heavy atom. The number of Topliss-reactive ketones (excluding diaryl/α,β-unsaturated/α-hetero) is 1. The highest BCUT2D eigenvalue weighted by atomic mass is 35.5. The van der Waals surface area contributed by atoms with Crippen molar-refractivity contribution >= 4 is 23.2 Å². The Morgan fingerprint density at radius 1 is 1.77 bits per heavy atom. The molecule has 0 saturated heterocycles. The highest BCUT2D eigenvalue weighted by Crippen LogP contribution is 2.05. The maximum atomic E-state index is 10.8. The SMILES string of the molecule is O=C(CCl)Cn1cnc([N+](=O)[O-])c1. The van der Waals surface area contributed by atoms with Gasteiger partial charge in [0, 0.05) is 0 Å². The Kier molecular flexibility index (Phi) is 2.97. The smallest absolute Gasteiger partial charge is 0.358 e. The van der Waals surface area contributed by atoms with E-state index in [0.29, 0.717) is 0 Å². The lowest BCUT2D eigenvalue weighted by Gasteiger charge is -1.94. The average molecular weight is 204 g/mol. The molecule has 70 valence electrons. The second-order valence-electron chi connectivity index (χ2n) is 2.33. The summed E-state index contributed by atoms with van der Waals surface area (Å²) in [6.45, 7) is 0.0182. The number of nitro groups is 1. The topological polar surface area (TPSA) is 78.0 Å². The Hall–Kier alpha value is -1.43. The van der Waals surface area contributed by atoms with Gasteiger partial charge in [0.05, 0.1) is 12.4 Å². The maximum Gasteiger partial charge on any atom is 0.381 e. The van der Waals surface area contributed by atoms with Crippen molar-refractivity contribution in [3.63, 3.8) is 0 Å². The second kappa shape index (κ2) is 3.99. The summed E-state index contributed by atoms with van der Waals surface area (Å²) in [6.07, 6.45) is 2.41. The number of hydrogen-bond acceptors (Lipinski definition) is 4. The normalized spacial score (nSPS) is 9.92. The number of rotatable bonds is 4. The van der Waals surface area contributed by atoms with Crippen LogP contribution in [0.15, 0.2) is 12.5 Å². The molecule has 0 amide bonds. The van der Waals surface area contributed by atoms with E-state index in [1.54, 1.807) is 0 Å². The van der Waals surface area contributed by atoms with E-state index in [2.05, 4.69) is 4.98 Å². The Morgan fingerprint density at radius 3 is 2.92 bits per heavy atom. The molecule has 0 bridgehead atoms. The third-order valence-corrected chi connectivity index (χ3v) is 1.61. The standard InChI is InChI=1S/C6H6ClN3O3/c7-1-5(11)2-9-3-6(8-4-9)10(12)13/h3-4H,1-2H2. The zero-order chi connectivity index (χ0) is 9.84. The molecule has 0 fully saturated rings. The van der Waals surface area contributed by atoms with Crippen LogP contribution in [-0.4, -0.2) is 26.1 Å². The lowest BCUT2D eigenvalue weighted by atomic mass is 10.4. The Bertz CT molecular complexity index is 336. The molecule has 0 aromatic carbocycles. The third-order valence-electron chi connectivity index (χ3n) is 1.31. The number of carbonyl (C=O) groups is 1. The zero-order valence-electron chi connectivity index (χ0n) is 6.51. The summed E-state index contributed by atoms with van der Waals surface area (Å²) in [6, 6.07) is 0. The minimum Gasteiger partial charge on any atom is -0.358 e. The molecule has 0 N–H and O–H groups in total. The average Bonchev–Trinajstić information content (AvgIpc) is 2.52. The van der Waals surface area contributed by atoms with Crippen LogP contribution in [0, 0.1) is 10.1 Å². The molecule has 7 heteroatoms. The van der Waals surface area contributed by atoms with Crippen molar-refractivity contribution in [1.29, 1.82) is 0 Å². The van der Waals surface area contributed by atoms with Gasteiger partial charge in [0.2, 0.25) is 6.33 Å². The van der Waals surface area contributed by atoms with Gasteiger partial charge in [0.25, 0.3) is 0 Å². The monoisotopic (exact) mass is 203 g/mol. The van der Waals surface area contributed by atoms with Crippen molar-refractivity contribution in [3.8, 4) is 0 Å². The predicted molar refractivity (Wildman–Crippen MR) is 44.6 cm³/mol. The summed E-state index contributed by atoms with van der Waals surface area (Å²) in [5, 5.41) is 10.2. The van der Waals surface area contributed by atoms with E-state index >= 15 is 0 Å². The second-order valence-corrected chi connectivity index (χ2v) is 2.60. The molecule has 1 aromatic heterocycles. The number of aromatic nitrogens is 2. The van der Waals surface area contributed by atoms with Gasteiger partial charge in [-0.1, -0.05) is 0 Å². The van der Waals surface area contributed by atoms with Crippen molar-refractivity contribution in [3.05, 3.63) is 22.6 Å². The van der Waals surface area contributed by atoms with Gasteiger partial charge in [-0.3, -0.25) is 4.79 Å². The van der Waals surface area contributed by atoms with E-state index in [4.69, 9.17) is 11.6 Å². The van der Waals surface area contributed by atoms with E-state index in [1.807, 2.05) is 0 Å². The molecule has 0 spiro atoms. The first-order valence-corrected chi connectivity index (χ1v) is 3.90. The van der Waals surface area contributed by atoms with Crippen molar-refractivity contribution in [2.24, 2.45) is 0 Å². The van der Waals surface area contributed by atoms with Gasteiger partial charge in [-0.25, -0.2) is 0 Å². The van der Waals surface area contributed by atoms with Crippen LogP contribution in [0.3, 0.4) is 0 Å². The van der Waals surface area contributed by atoms with Crippen molar-refractivity contribution in [1.82, 2.24) is 9.55 Å². The van der Waals surface area contributed by atoms with Crippen molar-refractivity contribution in [2.45, 2.75) is 6.54 Å². The number of halogens is 1. The van der Waals surface area contributed by atoms with Gasteiger partial charge in [-0.15, -0.1) is 11.6 Å². The fourth-order valence-electron chi connectivity index (χ4n) is 0.775. The molecule has 0 aliphatic rings. The predicted octanol–water partition coefficient (Wildman–Crippen LogP) is 0.599. The fourth-order valence-corrected chi connectivity index (χ4v) is 0.859. The summed E-state index contributed by atoms with van der Waals surface area (Å²) < 4.78 is 1.32. The molecule has 1 heterocycles. The van der Waals surface area contributed by atoms with Crippen LogP contribution in [0.5, 0.6) is 0 Å². The van der Waals surface area contributed by atoms with E-state index < -0.39 is 4.92 Å². The maximum absolute atomic E-state index is 10.8. The number of imidazole rings is 1. The lowest BCUT2D eigenvalue weighted by molar-refractivity contribution is -0.389. The molecule has 6 nitrogen and oxygen atoms in total. The minimum atomic E-state index is -0.623. The molecule has 0 unspecified atom stereocenters. The molecule has 0 aliphatic heterocycles. The molecule has 0 saturated carbocycles. The first-order valence-electron chi connectivity index (χ1n) is 3.37. The molecular weight excluding hydrogens is 198 g/mol. The summed E-state index contributed by atoms with van der Waals surface area (Å²) in [7, 11) is 0. The lowest BCUT2D eigenvalue weighted by Crippen LogP contribution is -2.09. The van der Waals surface area contributed by atoms with Gasteiger partial charge < -0.3 is 14.7 Å². The first-order chi connectivity index (χ1) is 6.13. The molecule has 13 heavy (non-hydrogen) atoms. The highest BCUT2D eigenvalue weighted by Gasteiger charge is 2.11. The van der Waals surface area contributed by atoms with E-state index in [1.165, 1.54) is 17.1 Å². The van der Waals surface area contributed by atoms with Gasteiger partial charge in [0.1, 0.15) is 6.20 Å². The third kappa shape index (κ3) is 2.51. The zero-order valence-corrected chi connectivity index (χ0v) is 7.27. The quantitative estimate of drug-likeness (QED) is 0.408. The fraction of sp³-hybridized carbons (Fsp3) is 0.333. The molecule has 0 atom stereocenters. The largest absolute Gasteiger partial charge is 0.381 e. The number of hydrogen-bond donors (Lipinski definition) is 0. The van der Waals surface area contributed by atoms with E-state index in [9.17, 15) is 14.9 Å². The van der Waals surface area contributed by atoms with Crippen LogP contribution in [0.1, 0.15) is 0 Å². The highest BCUT2D eigenvalue weighted by molar-refractivity contribution is 6.27. The van der Waals surface area contributed by atoms with Gasteiger partial charge >= 0.3 is 5.82 Å². The summed E-state index contributed by atoms with van der Waals surface area (Å²) in [5.74, 6) is -0.595. The van der Waals surface area contributed by atoms with Gasteiger partial charge in [-0.2, -0.15) is 0 Å². The van der Waals surface area contributed by atoms with Crippen LogP contribution in [0.25, 0.3) is 0 Å². The summed E-state index contributed by atoms with van der Waals surface area (Å²) >= 11 is 5.25. The summed E-state index contributed by atoms with van der Waals surface area (Å²) in [5.41, 5.74) is 0. The summed E-state index contributed by atoms with van der Waals surface area (Å²) in [4.78, 5) is 23.8.